The van der Waals surface area contributed by atoms with Crippen LogP contribution in [0.4, 0.5) is 0 Å². The molecule has 3 aromatic rings. The second kappa shape index (κ2) is 9.72. The van der Waals surface area contributed by atoms with Crippen LogP contribution in [-0.2, 0) is 36.7 Å². The molecule has 1 aliphatic rings. The molecule has 170 valence electrons. The van der Waals surface area contributed by atoms with Gasteiger partial charge in [0.15, 0.2) is 5.79 Å². The van der Waals surface area contributed by atoms with Crippen molar-refractivity contribution in [2.24, 2.45) is 0 Å². The molecule has 4 rings (SSSR count). The van der Waals surface area contributed by atoms with Gasteiger partial charge in [0.05, 0.1) is 31.0 Å². The zero-order valence-electron chi connectivity index (χ0n) is 17.7. The van der Waals surface area contributed by atoms with E-state index < -0.39 is 22.0 Å². The highest BCUT2D eigenvalue weighted by Crippen LogP contribution is 2.31. The number of aromatic nitrogens is 2. The van der Waals surface area contributed by atoms with Gasteiger partial charge in [-0.3, -0.25) is 4.18 Å². The molecule has 0 aliphatic carbocycles. The number of hydrogen-bond acceptors (Lipinski definition) is 6. The summed E-state index contributed by atoms with van der Waals surface area (Å²) in [6.45, 7) is 2.44. The quantitative estimate of drug-likeness (QED) is 0.434. The van der Waals surface area contributed by atoms with Crippen LogP contribution < -0.4 is 0 Å². The van der Waals surface area contributed by atoms with Gasteiger partial charge in [-0.1, -0.05) is 41.4 Å². The van der Waals surface area contributed by atoms with Crippen LogP contribution in [0.25, 0.3) is 0 Å². The van der Waals surface area contributed by atoms with E-state index in [1.165, 1.54) is 12.1 Å². The van der Waals surface area contributed by atoms with Gasteiger partial charge in [-0.25, -0.2) is 4.98 Å². The molecule has 2 atom stereocenters. The van der Waals surface area contributed by atoms with E-state index in [9.17, 15) is 8.42 Å². The molecule has 1 fully saturated rings. The van der Waals surface area contributed by atoms with Crippen LogP contribution in [-0.4, -0.2) is 43.1 Å². The summed E-state index contributed by atoms with van der Waals surface area (Å²) in [7, 11) is -3.87. The molecule has 1 aromatic heterocycles. The Kier molecular flexibility index (Phi) is 6.97. The summed E-state index contributed by atoms with van der Waals surface area (Å²) < 4.78 is 44.5. The topological polar surface area (TPSA) is 79.7 Å². The lowest BCUT2D eigenvalue weighted by Gasteiger charge is -2.28. The molecule has 32 heavy (non-hydrogen) atoms. The standard InChI is InChI=1S/C23H25ClN2O5S/c1-18-2-8-22(9-3-18)32(27,28)30-15-21-14-29-23(31-21,16-26-13-12-25-17-26)11-10-19-4-6-20(24)7-5-19/h2-9,12-13,17,21H,10-11,14-16H2,1H3/t21-,23-/m1/s1. The summed E-state index contributed by atoms with van der Waals surface area (Å²) in [5.74, 6) is -0.915. The summed E-state index contributed by atoms with van der Waals surface area (Å²) in [5.41, 5.74) is 2.08. The van der Waals surface area contributed by atoms with Crippen LogP contribution in [0, 0.1) is 6.92 Å². The maximum absolute atomic E-state index is 12.5. The number of hydrogen-bond donors (Lipinski definition) is 0. The van der Waals surface area contributed by atoms with E-state index in [-0.39, 0.29) is 18.1 Å². The van der Waals surface area contributed by atoms with Crippen LogP contribution in [0.3, 0.4) is 0 Å². The summed E-state index contributed by atoms with van der Waals surface area (Å²) in [6.07, 6.45) is 6.00. The molecular formula is C23H25ClN2O5S. The molecule has 1 aliphatic heterocycles. The molecule has 0 saturated carbocycles. The van der Waals surface area contributed by atoms with E-state index >= 15 is 0 Å². The van der Waals surface area contributed by atoms with E-state index in [2.05, 4.69) is 4.98 Å². The van der Waals surface area contributed by atoms with E-state index in [1.807, 2.05) is 42.0 Å². The molecule has 0 amide bonds. The Bertz CT molecular complexity index is 1120. The number of imidazole rings is 1. The zero-order chi connectivity index (χ0) is 22.6. The molecule has 9 heteroatoms. The average Bonchev–Trinajstić information content (AvgIpc) is 3.43. The maximum Gasteiger partial charge on any atom is 0.297 e. The van der Waals surface area contributed by atoms with Gasteiger partial charge in [-0.15, -0.1) is 0 Å². The minimum atomic E-state index is -3.87. The van der Waals surface area contributed by atoms with E-state index in [1.54, 1.807) is 24.7 Å². The smallest absolute Gasteiger partial charge is 0.297 e. The summed E-state index contributed by atoms with van der Waals surface area (Å²) in [6, 6.07) is 14.2. The van der Waals surface area contributed by atoms with Gasteiger partial charge in [-0.2, -0.15) is 8.42 Å². The first-order chi connectivity index (χ1) is 15.3. The Hall–Kier alpha value is -2.23. The fraction of sp³-hybridized carbons (Fsp3) is 0.348. The van der Waals surface area contributed by atoms with Crippen molar-refractivity contribution in [3.05, 3.63) is 83.4 Å². The van der Waals surface area contributed by atoms with E-state index in [4.69, 9.17) is 25.3 Å². The van der Waals surface area contributed by atoms with Crippen LogP contribution in [0.15, 0.2) is 72.1 Å². The number of rotatable bonds is 9. The molecular weight excluding hydrogens is 452 g/mol. The van der Waals surface area contributed by atoms with E-state index in [0.29, 0.717) is 24.4 Å². The second-order valence-electron chi connectivity index (χ2n) is 7.87. The van der Waals surface area contributed by atoms with Gasteiger partial charge in [0.2, 0.25) is 0 Å². The number of ether oxygens (including phenoxy) is 2. The summed E-state index contributed by atoms with van der Waals surface area (Å²) in [5, 5.41) is 0.683. The van der Waals surface area contributed by atoms with Crippen molar-refractivity contribution in [1.29, 1.82) is 0 Å². The third-order valence-corrected chi connectivity index (χ3v) is 6.87. The van der Waals surface area contributed by atoms with Crippen LogP contribution in [0.2, 0.25) is 5.02 Å². The Morgan fingerprint density at radius 1 is 1.19 bits per heavy atom. The average molecular weight is 477 g/mol. The number of halogens is 1. The number of benzene rings is 2. The first kappa shape index (κ1) is 22.9. The SMILES string of the molecule is Cc1ccc(S(=O)(=O)OC[C@H]2CO[C@@](CCc3ccc(Cl)cc3)(Cn3ccnc3)O2)cc1. The maximum atomic E-state index is 12.5. The van der Waals surface area contributed by atoms with Crippen molar-refractivity contribution < 1.29 is 22.1 Å². The highest BCUT2D eigenvalue weighted by molar-refractivity contribution is 7.86. The molecule has 0 radical (unpaired) electrons. The first-order valence-corrected chi connectivity index (χ1v) is 12.1. The van der Waals surface area contributed by atoms with Crippen molar-refractivity contribution in [2.75, 3.05) is 13.2 Å². The Morgan fingerprint density at radius 3 is 2.62 bits per heavy atom. The zero-order valence-corrected chi connectivity index (χ0v) is 19.3. The van der Waals surface area contributed by atoms with Crippen molar-refractivity contribution in [1.82, 2.24) is 9.55 Å². The van der Waals surface area contributed by atoms with Gasteiger partial charge in [0, 0.05) is 23.8 Å². The predicted octanol–water partition coefficient (Wildman–Crippen LogP) is 3.99. The van der Waals surface area contributed by atoms with Crippen molar-refractivity contribution in [3.8, 4) is 0 Å². The molecule has 7 nitrogen and oxygen atoms in total. The normalized spacial score (nSPS) is 21.1. The van der Waals surface area contributed by atoms with Gasteiger partial charge < -0.3 is 14.0 Å². The largest absolute Gasteiger partial charge is 0.345 e. The molecule has 2 aromatic carbocycles. The highest BCUT2D eigenvalue weighted by atomic mass is 35.5. The van der Waals surface area contributed by atoms with Crippen molar-refractivity contribution in [3.63, 3.8) is 0 Å². The predicted molar refractivity (Wildman–Crippen MR) is 120 cm³/mol. The van der Waals surface area contributed by atoms with Crippen molar-refractivity contribution >= 4 is 21.7 Å². The molecule has 2 heterocycles. The summed E-state index contributed by atoms with van der Waals surface area (Å²) in [4.78, 5) is 4.20. The van der Waals surface area contributed by atoms with Crippen molar-refractivity contribution in [2.45, 2.75) is 43.1 Å². The molecule has 0 unspecified atom stereocenters. The second-order valence-corrected chi connectivity index (χ2v) is 9.93. The highest BCUT2D eigenvalue weighted by Gasteiger charge is 2.42. The Morgan fingerprint density at radius 2 is 1.94 bits per heavy atom. The lowest BCUT2D eigenvalue weighted by molar-refractivity contribution is -0.184. The fourth-order valence-corrected chi connectivity index (χ4v) is 4.64. The fourth-order valence-electron chi connectivity index (χ4n) is 3.57. The Labute approximate surface area is 193 Å². The van der Waals surface area contributed by atoms with Gasteiger partial charge >= 0.3 is 0 Å². The van der Waals surface area contributed by atoms with Gasteiger partial charge in [0.25, 0.3) is 10.1 Å². The van der Waals surface area contributed by atoms with Crippen LogP contribution in [0.5, 0.6) is 0 Å². The molecule has 1 saturated heterocycles. The minimum absolute atomic E-state index is 0.120. The third kappa shape index (κ3) is 5.76. The third-order valence-electron chi connectivity index (χ3n) is 5.32. The monoisotopic (exact) mass is 476 g/mol. The number of nitrogens with zero attached hydrogens (tertiary/aromatic N) is 2. The molecule has 0 spiro atoms. The molecule has 0 N–H and O–H groups in total. The van der Waals surface area contributed by atoms with Crippen LogP contribution >= 0.6 is 11.6 Å². The molecule has 0 bridgehead atoms. The lowest BCUT2D eigenvalue weighted by atomic mass is 10.0. The summed E-state index contributed by atoms with van der Waals surface area (Å²) >= 11 is 5.98. The van der Waals surface area contributed by atoms with E-state index in [0.717, 1.165) is 11.1 Å². The lowest BCUT2D eigenvalue weighted by Crippen LogP contribution is -2.37. The van der Waals surface area contributed by atoms with Gasteiger partial charge in [-0.05, 0) is 43.2 Å². The van der Waals surface area contributed by atoms with Gasteiger partial charge in [0.1, 0.15) is 6.10 Å². The van der Waals surface area contributed by atoms with Crippen LogP contribution in [0.1, 0.15) is 17.5 Å². The Balaban J connectivity index is 1.42. The minimum Gasteiger partial charge on any atom is -0.345 e. The first-order valence-electron chi connectivity index (χ1n) is 10.3. The number of aryl methyl sites for hydroxylation is 2.